The van der Waals surface area contributed by atoms with Crippen LogP contribution in [0, 0.1) is 5.92 Å². The molecule has 1 aromatic rings. The van der Waals surface area contributed by atoms with Crippen molar-refractivity contribution in [3.8, 4) is 0 Å². The Balaban J connectivity index is 1.65. The normalized spacial score (nSPS) is 30.7. The SMILES string of the molecule is OCc1ccc(CN2CCC[C@@H]2[C@@H]2CCCC[C@H]2O)cc1. The van der Waals surface area contributed by atoms with Crippen molar-refractivity contribution in [3.63, 3.8) is 0 Å². The maximum Gasteiger partial charge on any atom is 0.0681 e. The molecule has 0 amide bonds. The second kappa shape index (κ2) is 6.91. The van der Waals surface area contributed by atoms with Gasteiger partial charge >= 0.3 is 0 Å². The minimum atomic E-state index is -0.0962. The first-order chi connectivity index (χ1) is 10.3. The van der Waals surface area contributed by atoms with Gasteiger partial charge in [0.15, 0.2) is 0 Å². The Morgan fingerprint density at radius 1 is 0.952 bits per heavy atom. The molecule has 1 aliphatic heterocycles. The van der Waals surface area contributed by atoms with Crippen LogP contribution in [0.15, 0.2) is 24.3 Å². The van der Waals surface area contributed by atoms with Crippen LogP contribution in [0.5, 0.6) is 0 Å². The van der Waals surface area contributed by atoms with Gasteiger partial charge in [-0.3, -0.25) is 4.90 Å². The number of aliphatic hydroxyl groups excluding tert-OH is 2. The summed E-state index contributed by atoms with van der Waals surface area (Å²) < 4.78 is 0. The lowest BCUT2D eigenvalue weighted by Crippen LogP contribution is -2.42. The van der Waals surface area contributed by atoms with E-state index in [1.807, 2.05) is 12.1 Å². The highest BCUT2D eigenvalue weighted by Crippen LogP contribution is 2.35. The van der Waals surface area contributed by atoms with Gasteiger partial charge in [-0.15, -0.1) is 0 Å². The van der Waals surface area contributed by atoms with Crippen LogP contribution < -0.4 is 0 Å². The van der Waals surface area contributed by atoms with Gasteiger partial charge < -0.3 is 10.2 Å². The summed E-state index contributed by atoms with van der Waals surface area (Å²) in [5.41, 5.74) is 2.28. The molecule has 3 rings (SSSR count). The monoisotopic (exact) mass is 289 g/mol. The average molecular weight is 289 g/mol. The Labute approximate surface area is 127 Å². The molecular weight excluding hydrogens is 262 g/mol. The van der Waals surface area contributed by atoms with Crippen LogP contribution >= 0.6 is 0 Å². The minimum absolute atomic E-state index is 0.0962. The average Bonchev–Trinajstić information content (AvgIpc) is 2.96. The van der Waals surface area contributed by atoms with Gasteiger partial charge in [0.1, 0.15) is 0 Å². The van der Waals surface area contributed by atoms with Crippen molar-refractivity contribution >= 4 is 0 Å². The van der Waals surface area contributed by atoms with E-state index in [2.05, 4.69) is 17.0 Å². The van der Waals surface area contributed by atoms with Crippen LogP contribution in [-0.4, -0.2) is 33.8 Å². The lowest BCUT2D eigenvalue weighted by atomic mass is 9.80. The van der Waals surface area contributed by atoms with E-state index in [0.29, 0.717) is 12.0 Å². The molecule has 0 bridgehead atoms. The van der Waals surface area contributed by atoms with Gasteiger partial charge in [0.05, 0.1) is 12.7 Å². The third kappa shape index (κ3) is 3.47. The minimum Gasteiger partial charge on any atom is -0.393 e. The second-order valence-electron chi connectivity index (χ2n) is 6.67. The third-order valence-corrected chi connectivity index (χ3v) is 5.28. The molecule has 3 heteroatoms. The van der Waals surface area contributed by atoms with Gasteiger partial charge in [0.25, 0.3) is 0 Å². The zero-order valence-corrected chi connectivity index (χ0v) is 12.7. The molecule has 1 heterocycles. The maximum absolute atomic E-state index is 10.3. The zero-order valence-electron chi connectivity index (χ0n) is 12.7. The first-order valence-electron chi connectivity index (χ1n) is 8.38. The summed E-state index contributed by atoms with van der Waals surface area (Å²) in [5.74, 6) is 0.470. The largest absolute Gasteiger partial charge is 0.393 e. The summed E-state index contributed by atoms with van der Waals surface area (Å²) in [5, 5.41) is 19.4. The van der Waals surface area contributed by atoms with Gasteiger partial charge in [-0.05, 0) is 43.4 Å². The number of benzene rings is 1. The molecule has 2 aliphatic rings. The number of likely N-dealkylation sites (tertiary alicyclic amines) is 1. The summed E-state index contributed by atoms with van der Waals surface area (Å²) in [6.07, 6.45) is 7.02. The molecule has 2 N–H and O–H groups in total. The topological polar surface area (TPSA) is 43.7 Å². The zero-order chi connectivity index (χ0) is 14.7. The first kappa shape index (κ1) is 15.0. The Morgan fingerprint density at radius 3 is 2.38 bits per heavy atom. The molecule has 1 aliphatic carbocycles. The number of hydrogen-bond donors (Lipinski definition) is 2. The molecule has 0 radical (unpaired) electrons. The van der Waals surface area contributed by atoms with Gasteiger partial charge in [0.2, 0.25) is 0 Å². The molecule has 3 nitrogen and oxygen atoms in total. The van der Waals surface area contributed by atoms with Crippen LogP contribution in [0.3, 0.4) is 0 Å². The molecule has 0 spiro atoms. The molecule has 21 heavy (non-hydrogen) atoms. The van der Waals surface area contributed by atoms with E-state index in [9.17, 15) is 5.11 Å². The van der Waals surface area contributed by atoms with Crippen molar-refractivity contribution in [1.82, 2.24) is 4.90 Å². The highest BCUT2D eigenvalue weighted by Gasteiger charge is 2.36. The fraction of sp³-hybridized carbons (Fsp3) is 0.667. The molecule has 2 fully saturated rings. The smallest absolute Gasteiger partial charge is 0.0681 e. The number of aliphatic hydroxyl groups is 2. The number of rotatable bonds is 4. The molecule has 0 unspecified atom stereocenters. The Hall–Kier alpha value is -0.900. The third-order valence-electron chi connectivity index (χ3n) is 5.28. The van der Waals surface area contributed by atoms with Crippen LogP contribution in [-0.2, 0) is 13.2 Å². The van der Waals surface area contributed by atoms with Gasteiger partial charge in [-0.1, -0.05) is 37.1 Å². The standard InChI is InChI=1S/C18H27NO2/c20-13-15-9-7-14(8-10-15)12-19-11-3-5-17(19)16-4-1-2-6-18(16)21/h7-10,16-18,20-21H,1-6,11-13H2/t16-,17+,18+/m0/s1. The lowest BCUT2D eigenvalue weighted by molar-refractivity contribution is 0.0201. The van der Waals surface area contributed by atoms with E-state index in [-0.39, 0.29) is 12.7 Å². The van der Waals surface area contributed by atoms with Crippen molar-refractivity contribution in [1.29, 1.82) is 0 Å². The van der Waals surface area contributed by atoms with Crippen molar-refractivity contribution in [3.05, 3.63) is 35.4 Å². The molecule has 1 saturated heterocycles. The summed E-state index contributed by atoms with van der Waals surface area (Å²) in [4.78, 5) is 2.56. The maximum atomic E-state index is 10.3. The number of hydrogen-bond acceptors (Lipinski definition) is 3. The van der Waals surface area contributed by atoms with Crippen molar-refractivity contribution in [2.45, 2.75) is 63.8 Å². The van der Waals surface area contributed by atoms with Crippen LogP contribution in [0.25, 0.3) is 0 Å². The summed E-state index contributed by atoms with van der Waals surface area (Å²) in [6.45, 7) is 2.23. The second-order valence-corrected chi connectivity index (χ2v) is 6.67. The predicted octanol–water partition coefficient (Wildman–Crippen LogP) is 2.69. The van der Waals surface area contributed by atoms with E-state index in [0.717, 1.165) is 25.1 Å². The molecule has 3 atom stereocenters. The van der Waals surface area contributed by atoms with E-state index < -0.39 is 0 Å². The van der Waals surface area contributed by atoms with E-state index in [1.165, 1.54) is 37.7 Å². The van der Waals surface area contributed by atoms with Crippen LogP contribution in [0.4, 0.5) is 0 Å². The molecule has 0 aromatic heterocycles. The summed E-state index contributed by atoms with van der Waals surface area (Å²) >= 11 is 0. The van der Waals surface area contributed by atoms with E-state index >= 15 is 0 Å². The van der Waals surface area contributed by atoms with Crippen molar-refractivity contribution in [2.75, 3.05) is 6.54 Å². The van der Waals surface area contributed by atoms with Gasteiger partial charge in [-0.2, -0.15) is 0 Å². The molecule has 116 valence electrons. The van der Waals surface area contributed by atoms with Crippen LogP contribution in [0.1, 0.15) is 49.7 Å². The number of nitrogens with zero attached hydrogens (tertiary/aromatic N) is 1. The lowest BCUT2D eigenvalue weighted by Gasteiger charge is -2.37. The molecule has 1 aromatic carbocycles. The van der Waals surface area contributed by atoms with Crippen LogP contribution in [0.2, 0.25) is 0 Å². The fourth-order valence-corrected chi connectivity index (χ4v) is 4.11. The highest BCUT2D eigenvalue weighted by molar-refractivity contribution is 5.22. The Bertz CT molecular complexity index is 445. The van der Waals surface area contributed by atoms with Gasteiger partial charge in [0, 0.05) is 18.5 Å². The Morgan fingerprint density at radius 2 is 1.67 bits per heavy atom. The van der Waals surface area contributed by atoms with Crippen molar-refractivity contribution in [2.24, 2.45) is 5.92 Å². The van der Waals surface area contributed by atoms with E-state index in [4.69, 9.17) is 5.11 Å². The van der Waals surface area contributed by atoms with E-state index in [1.54, 1.807) is 0 Å². The summed E-state index contributed by atoms with van der Waals surface area (Å²) in [6, 6.07) is 8.82. The molecule has 1 saturated carbocycles. The Kier molecular flexibility index (Phi) is 4.94. The van der Waals surface area contributed by atoms with Gasteiger partial charge in [-0.25, -0.2) is 0 Å². The quantitative estimate of drug-likeness (QED) is 0.895. The van der Waals surface area contributed by atoms with Crippen molar-refractivity contribution < 1.29 is 10.2 Å². The fourth-order valence-electron chi connectivity index (χ4n) is 4.11. The predicted molar refractivity (Wildman–Crippen MR) is 83.8 cm³/mol. The molecular formula is C18H27NO2. The first-order valence-corrected chi connectivity index (χ1v) is 8.38. The highest BCUT2D eigenvalue weighted by atomic mass is 16.3. The summed E-state index contributed by atoms with van der Waals surface area (Å²) in [7, 11) is 0.